The van der Waals surface area contributed by atoms with Gasteiger partial charge in [-0.1, -0.05) is 0 Å². The molecule has 2 unspecified atom stereocenters. The maximum Gasteiger partial charge on any atom is 0.0537 e. The van der Waals surface area contributed by atoms with Crippen LogP contribution in [0.1, 0.15) is 31.4 Å². The Morgan fingerprint density at radius 1 is 1.69 bits per heavy atom. The van der Waals surface area contributed by atoms with Crippen LogP contribution in [0.15, 0.2) is 12.4 Å². The van der Waals surface area contributed by atoms with E-state index >= 15 is 0 Å². The van der Waals surface area contributed by atoms with E-state index in [2.05, 4.69) is 23.5 Å². The topological polar surface area (TPSA) is 39.1 Å². The van der Waals surface area contributed by atoms with Crippen molar-refractivity contribution in [3.8, 4) is 0 Å². The smallest absolute Gasteiger partial charge is 0.0537 e. The maximum atomic E-state index is 5.47. The summed E-state index contributed by atoms with van der Waals surface area (Å²) in [5.41, 5.74) is 1.25. The lowest BCUT2D eigenvalue weighted by molar-refractivity contribution is 0.0540. The highest BCUT2D eigenvalue weighted by atomic mass is 16.5. The Hall–Kier alpha value is -0.870. The fourth-order valence-corrected chi connectivity index (χ4v) is 2.09. The van der Waals surface area contributed by atoms with E-state index < -0.39 is 0 Å². The molecule has 2 heterocycles. The summed E-state index contributed by atoms with van der Waals surface area (Å²) < 4.78 is 7.31. The van der Waals surface area contributed by atoms with E-state index in [0.29, 0.717) is 12.0 Å². The third-order valence-electron chi connectivity index (χ3n) is 3.19. The van der Waals surface area contributed by atoms with Crippen LogP contribution >= 0.6 is 0 Å². The molecule has 0 spiro atoms. The van der Waals surface area contributed by atoms with E-state index in [0.717, 1.165) is 19.8 Å². The number of ether oxygens (including phenoxy) is 1. The first-order chi connectivity index (χ1) is 7.75. The van der Waals surface area contributed by atoms with Gasteiger partial charge in [-0.2, -0.15) is 5.10 Å². The van der Waals surface area contributed by atoms with Crippen LogP contribution in [0.3, 0.4) is 0 Å². The number of nitrogens with zero attached hydrogens (tertiary/aromatic N) is 2. The van der Waals surface area contributed by atoms with Crippen LogP contribution in [0.4, 0.5) is 0 Å². The molecule has 16 heavy (non-hydrogen) atoms. The highest BCUT2D eigenvalue weighted by Gasteiger charge is 2.15. The predicted octanol–water partition coefficient (Wildman–Crippen LogP) is 1.50. The first-order valence-corrected chi connectivity index (χ1v) is 6.05. The van der Waals surface area contributed by atoms with Gasteiger partial charge < -0.3 is 10.1 Å². The van der Waals surface area contributed by atoms with Crippen LogP contribution in [-0.4, -0.2) is 29.5 Å². The van der Waals surface area contributed by atoms with Gasteiger partial charge in [0, 0.05) is 38.0 Å². The quantitative estimate of drug-likeness (QED) is 0.840. The molecule has 1 aliphatic heterocycles. The summed E-state index contributed by atoms with van der Waals surface area (Å²) in [6.45, 7) is 5.07. The Balaban J connectivity index is 1.76. The van der Waals surface area contributed by atoms with Gasteiger partial charge >= 0.3 is 0 Å². The number of hydrogen-bond donors (Lipinski definition) is 1. The van der Waals surface area contributed by atoms with E-state index in [4.69, 9.17) is 4.74 Å². The van der Waals surface area contributed by atoms with Crippen molar-refractivity contribution >= 4 is 0 Å². The zero-order chi connectivity index (χ0) is 11.4. The van der Waals surface area contributed by atoms with Gasteiger partial charge in [0.05, 0.1) is 12.8 Å². The second kappa shape index (κ2) is 5.46. The van der Waals surface area contributed by atoms with Crippen LogP contribution in [0.25, 0.3) is 0 Å². The van der Waals surface area contributed by atoms with Crippen molar-refractivity contribution in [1.29, 1.82) is 0 Å². The molecule has 90 valence electrons. The Morgan fingerprint density at radius 3 is 3.19 bits per heavy atom. The second-order valence-corrected chi connectivity index (χ2v) is 4.66. The van der Waals surface area contributed by atoms with Gasteiger partial charge in [0.15, 0.2) is 0 Å². The van der Waals surface area contributed by atoms with Gasteiger partial charge in [-0.15, -0.1) is 0 Å². The van der Waals surface area contributed by atoms with Crippen molar-refractivity contribution in [2.45, 2.75) is 25.8 Å². The first kappa shape index (κ1) is 11.6. The number of aromatic nitrogens is 2. The zero-order valence-electron chi connectivity index (χ0n) is 10.1. The summed E-state index contributed by atoms with van der Waals surface area (Å²) in [6, 6.07) is 0.371. The van der Waals surface area contributed by atoms with Crippen LogP contribution < -0.4 is 5.32 Å². The fraction of sp³-hybridized carbons (Fsp3) is 0.750. The molecule has 1 fully saturated rings. The van der Waals surface area contributed by atoms with E-state index in [1.807, 2.05) is 17.9 Å². The molecule has 0 aliphatic carbocycles. The largest absolute Gasteiger partial charge is 0.381 e. The van der Waals surface area contributed by atoms with Crippen molar-refractivity contribution in [3.63, 3.8) is 0 Å². The molecule has 0 amide bonds. The number of aryl methyl sites for hydroxylation is 1. The molecule has 2 atom stereocenters. The Labute approximate surface area is 97.0 Å². The van der Waals surface area contributed by atoms with E-state index in [-0.39, 0.29) is 0 Å². The van der Waals surface area contributed by atoms with Gasteiger partial charge in [0.2, 0.25) is 0 Å². The number of rotatable bonds is 4. The standard InChI is InChI=1S/C12H21N3O/c1-10(12-7-14-15(2)8-12)13-6-11-4-3-5-16-9-11/h7-8,10-11,13H,3-6,9H2,1-2H3. The highest BCUT2D eigenvalue weighted by Crippen LogP contribution is 2.15. The van der Waals surface area contributed by atoms with E-state index in [1.165, 1.54) is 18.4 Å². The molecule has 0 bridgehead atoms. The van der Waals surface area contributed by atoms with Gasteiger partial charge in [-0.25, -0.2) is 0 Å². The lowest BCUT2D eigenvalue weighted by Gasteiger charge is -2.24. The highest BCUT2D eigenvalue weighted by molar-refractivity contribution is 5.08. The average Bonchev–Trinajstić information content (AvgIpc) is 2.74. The Kier molecular flexibility index (Phi) is 3.96. The molecule has 1 aromatic rings. The fourth-order valence-electron chi connectivity index (χ4n) is 2.09. The minimum Gasteiger partial charge on any atom is -0.381 e. The van der Waals surface area contributed by atoms with E-state index in [9.17, 15) is 0 Å². The molecular formula is C12H21N3O. The van der Waals surface area contributed by atoms with Crippen molar-refractivity contribution < 1.29 is 4.74 Å². The molecular weight excluding hydrogens is 202 g/mol. The van der Waals surface area contributed by atoms with Gasteiger partial charge in [-0.05, 0) is 25.7 Å². The second-order valence-electron chi connectivity index (χ2n) is 4.66. The summed E-state index contributed by atoms with van der Waals surface area (Å²) in [4.78, 5) is 0. The minimum atomic E-state index is 0.371. The van der Waals surface area contributed by atoms with Gasteiger partial charge in [0.1, 0.15) is 0 Å². The third kappa shape index (κ3) is 3.06. The molecule has 0 aromatic carbocycles. The normalized spacial score (nSPS) is 23.2. The molecule has 1 aromatic heterocycles. The van der Waals surface area contributed by atoms with Crippen molar-refractivity contribution in [2.24, 2.45) is 13.0 Å². The first-order valence-electron chi connectivity index (χ1n) is 6.05. The van der Waals surface area contributed by atoms with E-state index in [1.54, 1.807) is 0 Å². The number of hydrogen-bond acceptors (Lipinski definition) is 3. The minimum absolute atomic E-state index is 0.371. The molecule has 1 aliphatic rings. The molecule has 4 heteroatoms. The lowest BCUT2D eigenvalue weighted by atomic mass is 10.0. The SMILES string of the molecule is CC(NCC1CCCOC1)c1cnn(C)c1. The monoisotopic (exact) mass is 223 g/mol. The Morgan fingerprint density at radius 2 is 2.56 bits per heavy atom. The van der Waals surface area contributed by atoms with Gasteiger partial charge in [-0.3, -0.25) is 4.68 Å². The van der Waals surface area contributed by atoms with Crippen LogP contribution in [0.2, 0.25) is 0 Å². The molecule has 2 rings (SSSR count). The van der Waals surface area contributed by atoms with Crippen molar-refractivity contribution in [3.05, 3.63) is 18.0 Å². The number of nitrogens with one attached hydrogen (secondary N) is 1. The molecule has 0 saturated carbocycles. The predicted molar refractivity (Wildman–Crippen MR) is 63.2 cm³/mol. The molecule has 4 nitrogen and oxygen atoms in total. The summed E-state index contributed by atoms with van der Waals surface area (Å²) in [5.74, 6) is 0.674. The van der Waals surface area contributed by atoms with Crippen molar-refractivity contribution in [1.82, 2.24) is 15.1 Å². The summed E-state index contributed by atoms with van der Waals surface area (Å²) in [7, 11) is 1.95. The van der Waals surface area contributed by atoms with Crippen LogP contribution in [0, 0.1) is 5.92 Å². The van der Waals surface area contributed by atoms with Crippen LogP contribution in [0.5, 0.6) is 0 Å². The van der Waals surface area contributed by atoms with Crippen molar-refractivity contribution in [2.75, 3.05) is 19.8 Å². The average molecular weight is 223 g/mol. The molecule has 1 N–H and O–H groups in total. The summed E-state index contributed by atoms with van der Waals surface area (Å²) in [6.07, 6.45) is 6.48. The summed E-state index contributed by atoms with van der Waals surface area (Å²) in [5, 5.41) is 7.73. The third-order valence-corrected chi connectivity index (χ3v) is 3.19. The molecule has 0 radical (unpaired) electrons. The summed E-state index contributed by atoms with van der Waals surface area (Å²) >= 11 is 0. The Bertz CT molecular complexity index is 318. The maximum absolute atomic E-state index is 5.47. The molecule has 1 saturated heterocycles. The lowest BCUT2D eigenvalue weighted by Crippen LogP contribution is -2.30. The van der Waals surface area contributed by atoms with Gasteiger partial charge in [0.25, 0.3) is 0 Å². The van der Waals surface area contributed by atoms with Crippen LogP contribution in [-0.2, 0) is 11.8 Å². The zero-order valence-corrected chi connectivity index (χ0v) is 10.1.